The normalized spacial score (nSPS) is 37.8. The first-order valence-corrected chi connectivity index (χ1v) is 7.97. The molecular weight excluding hydrogens is 234 g/mol. The van der Waals surface area contributed by atoms with Gasteiger partial charge in [0.05, 0.1) is 6.07 Å². The molecule has 3 nitrogen and oxygen atoms in total. The lowest BCUT2D eigenvalue weighted by atomic mass is 9.64. The summed E-state index contributed by atoms with van der Waals surface area (Å²) in [4.78, 5) is 2.51. The summed E-state index contributed by atoms with van der Waals surface area (Å²) in [5, 5.41) is 13.5. The third-order valence-electron chi connectivity index (χ3n) is 5.15. The summed E-state index contributed by atoms with van der Waals surface area (Å²) in [5.41, 5.74) is -0.210. The molecule has 3 atom stereocenters. The molecule has 1 aliphatic heterocycles. The highest BCUT2D eigenvalue weighted by molar-refractivity contribution is 5.15. The van der Waals surface area contributed by atoms with Crippen LogP contribution in [0.4, 0.5) is 0 Å². The zero-order chi connectivity index (χ0) is 13.9. The maximum absolute atomic E-state index is 10.0. The smallest absolute Gasteiger partial charge is 0.112 e. The van der Waals surface area contributed by atoms with Crippen LogP contribution in [0.3, 0.4) is 0 Å². The Morgan fingerprint density at radius 1 is 1.26 bits per heavy atom. The number of nitrogens with one attached hydrogen (secondary N) is 1. The van der Waals surface area contributed by atoms with Gasteiger partial charge in [0.2, 0.25) is 0 Å². The molecule has 0 amide bonds. The van der Waals surface area contributed by atoms with Crippen molar-refractivity contribution in [2.24, 2.45) is 17.8 Å². The summed E-state index contributed by atoms with van der Waals surface area (Å²) < 4.78 is 0. The predicted octanol–water partition coefficient (Wildman–Crippen LogP) is 2.64. The minimum Gasteiger partial charge on any atom is -0.315 e. The van der Waals surface area contributed by atoms with Crippen molar-refractivity contribution >= 4 is 0 Å². The van der Waals surface area contributed by atoms with Gasteiger partial charge in [-0.3, -0.25) is 4.90 Å². The van der Waals surface area contributed by atoms with Gasteiger partial charge in [-0.25, -0.2) is 0 Å². The molecule has 3 heteroatoms. The Kier molecular flexibility index (Phi) is 4.86. The Bertz CT molecular complexity index is 325. The number of rotatable bonds is 2. The van der Waals surface area contributed by atoms with Crippen molar-refractivity contribution in [3.63, 3.8) is 0 Å². The first-order chi connectivity index (χ1) is 9.10. The second kappa shape index (κ2) is 6.24. The molecule has 2 fully saturated rings. The Labute approximate surface area is 118 Å². The fraction of sp³-hybridized carbons (Fsp3) is 0.938. The summed E-state index contributed by atoms with van der Waals surface area (Å²) in [6.07, 6.45) is 4.74. The van der Waals surface area contributed by atoms with Crippen molar-refractivity contribution in [1.29, 1.82) is 5.26 Å². The van der Waals surface area contributed by atoms with E-state index in [1.165, 1.54) is 19.3 Å². The molecule has 1 N–H and O–H groups in total. The van der Waals surface area contributed by atoms with E-state index in [1.54, 1.807) is 0 Å². The van der Waals surface area contributed by atoms with Crippen molar-refractivity contribution in [2.75, 3.05) is 26.2 Å². The van der Waals surface area contributed by atoms with Gasteiger partial charge in [0.15, 0.2) is 0 Å². The molecular formula is C16H29N3. The highest BCUT2D eigenvalue weighted by atomic mass is 15.2. The van der Waals surface area contributed by atoms with Gasteiger partial charge in [0.25, 0.3) is 0 Å². The van der Waals surface area contributed by atoms with Gasteiger partial charge < -0.3 is 5.32 Å². The zero-order valence-corrected chi connectivity index (χ0v) is 12.8. The third kappa shape index (κ3) is 2.95. The van der Waals surface area contributed by atoms with Crippen LogP contribution in [0.15, 0.2) is 0 Å². The molecule has 0 aromatic heterocycles. The molecule has 108 valence electrons. The number of hydrogen-bond acceptors (Lipinski definition) is 3. The number of nitrogens with zero attached hydrogens (tertiary/aromatic N) is 2. The molecule has 1 heterocycles. The maximum Gasteiger partial charge on any atom is 0.112 e. The van der Waals surface area contributed by atoms with Gasteiger partial charge in [-0.1, -0.05) is 27.2 Å². The van der Waals surface area contributed by atoms with Crippen LogP contribution < -0.4 is 5.32 Å². The second-order valence-electron chi connectivity index (χ2n) is 6.86. The fourth-order valence-corrected chi connectivity index (χ4v) is 4.18. The Hall–Kier alpha value is -0.590. The topological polar surface area (TPSA) is 39.1 Å². The molecule has 2 rings (SSSR count). The van der Waals surface area contributed by atoms with Crippen LogP contribution in [0.1, 0.15) is 46.5 Å². The van der Waals surface area contributed by atoms with Crippen molar-refractivity contribution in [3.8, 4) is 6.07 Å². The van der Waals surface area contributed by atoms with Crippen LogP contribution in [-0.4, -0.2) is 36.6 Å². The SMILES string of the molecule is CC1CCC(C(C)C)C(C#N)(N2CCCNCC2)C1. The van der Waals surface area contributed by atoms with Crippen LogP contribution in [0.25, 0.3) is 0 Å². The molecule has 19 heavy (non-hydrogen) atoms. The lowest BCUT2D eigenvalue weighted by Crippen LogP contribution is -2.58. The van der Waals surface area contributed by atoms with Gasteiger partial charge in [0, 0.05) is 19.6 Å². The standard InChI is InChI=1S/C16H29N3/c1-13(2)15-6-5-14(3)11-16(15,12-17)19-9-4-7-18-8-10-19/h13-15,18H,4-11H2,1-3H3. The molecule has 1 saturated carbocycles. The maximum atomic E-state index is 10.0. The highest BCUT2D eigenvalue weighted by Crippen LogP contribution is 2.44. The van der Waals surface area contributed by atoms with Crippen molar-refractivity contribution < 1.29 is 0 Å². The first kappa shape index (κ1) is 14.8. The van der Waals surface area contributed by atoms with E-state index >= 15 is 0 Å². The minimum atomic E-state index is -0.210. The molecule has 0 aromatic carbocycles. The number of nitriles is 1. The van der Waals surface area contributed by atoms with Crippen LogP contribution in [-0.2, 0) is 0 Å². The summed E-state index contributed by atoms with van der Waals surface area (Å²) in [6, 6.07) is 2.77. The van der Waals surface area contributed by atoms with Gasteiger partial charge in [-0.15, -0.1) is 0 Å². The third-order valence-corrected chi connectivity index (χ3v) is 5.15. The molecule has 2 aliphatic rings. The predicted molar refractivity (Wildman–Crippen MR) is 78.7 cm³/mol. The van der Waals surface area contributed by atoms with Crippen LogP contribution >= 0.6 is 0 Å². The van der Waals surface area contributed by atoms with Gasteiger partial charge in [-0.05, 0) is 43.6 Å². The molecule has 0 aromatic rings. The fourth-order valence-electron chi connectivity index (χ4n) is 4.18. The quantitative estimate of drug-likeness (QED) is 0.832. The first-order valence-electron chi connectivity index (χ1n) is 7.97. The summed E-state index contributed by atoms with van der Waals surface area (Å²) in [5.74, 6) is 1.82. The van der Waals surface area contributed by atoms with E-state index in [0.29, 0.717) is 17.8 Å². The van der Waals surface area contributed by atoms with Crippen molar-refractivity contribution in [1.82, 2.24) is 10.2 Å². The van der Waals surface area contributed by atoms with E-state index in [0.717, 1.165) is 32.6 Å². The Morgan fingerprint density at radius 2 is 2.05 bits per heavy atom. The van der Waals surface area contributed by atoms with Crippen molar-refractivity contribution in [3.05, 3.63) is 0 Å². The van der Waals surface area contributed by atoms with Crippen LogP contribution in [0, 0.1) is 29.1 Å². The average molecular weight is 263 g/mol. The summed E-state index contributed by atoms with van der Waals surface area (Å²) in [6.45, 7) is 11.1. The molecule has 0 spiro atoms. The Balaban J connectivity index is 2.27. The van der Waals surface area contributed by atoms with Crippen LogP contribution in [0.5, 0.6) is 0 Å². The number of hydrogen-bond donors (Lipinski definition) is 1. The molecule has 1 saturated heterocycles. The van der Waals surface area contributed by atoms with E-state index in [2.05, 4.69) is 37.1 Å². The zero-order valence-electron chi connectivity index (χ0n) is 12.8. The largest absolute Gasteiger partial charge is 0.315 e. The van der Waals surface area contributed by atoms with Gasteiger partial charge >= 0.3 is 0 Å². The highest BCUT2D eigenvalue weighted by Gasteiger charge is 2.48. The molecule has 1 aliphatic carbocycles. The van der Waals surface area contributed by atoms with Gasteiger partial charge in [0.1, 0.15) is 5.54 Å². The Morgan fingerprint density at radius 3 is 2.74 bits per heavy atom. The lowest BCUT2D eigenvalue weighted by molar-refractivity contribution is 0.00958. The lowest BCUT2D eigenvalue weighted by Gasteiger charge is -2.50. The summed E-state index contributed by atoms with van der Waals surface area (Å²) >= 11 is 0. The second-order valence-corrected chi connectivity index (χ2v) is 6.86. The molecule has 0 radical (unpaired) electrons. The monoisotopic (exact) mass is 263 g/mol. The minimum absolute atomic E-state index is 0.210. The van der Waals surface area contributed by atoms with Crippen molar-refractivity contribution in [2.45, 2.75) is 52.0 Å². The summed E-state index contributed by atoms with van der Waals surface area (Å²) in [7, 11) is 0. The van der Waals surface area contributed by atoms with Gasteiger partial charge in [-0.2, -0.15) is 5.26 Å². The molecule has 3 unspecified atom stereocenters. The van der Waals surface area contributed by atoms with E-state index in [4.69, 9.17) is 0 Å². The van der Waals surface area contributed by atoms with Crippen LogP contribution in [0.2, 0.25) is 0 Å². The van der Waals surface area contributed by atoms with E-state index in [9.17, 15) is 5.26 Å². The van der Waals surface area contributed by atoms with E-state index < -0.39 is 0 Å². The van der Waals surface area contributed by atoms with E-state index in [-0.39, 0.29) is 5.54 Å². The molecule has 0 bridgehead atoms. The average Bonchev–Trinajstić information content (AvgIpc) is 2.67. The van der Waals surface area contributed by atoms with E-state index in [1.807, 2.05) is 0 Å².